The fourth-order valence-electron chi connectivity index (χ4n) is 1.78. The van der Waals surface area contributed by atoms with Gasteiger partial charge in [0.05, 0.1) is 6.54 Å². The Hall–Kier alpha value is -1.69. The van der Waals surface area contributed by atoms with Gasteiger partial charge in [-0.2, -0.15) is 0 Å². The van der Waals surface area contributed by atoms with E-state index in [1.54, 1.807) is 11.3 Å². The molecule has 0 bridgehead atoms. The number of rotatable bonds is 5. The average molecular weight is 277 g/mol. The van der Waals surface area contributed by atoms with Gasteiger partial charge in [0.1, 0.15) is 22.5 Å². The number of hydrogen-bond acceptors (Lipinski definition) is 6. The van der Waals surface area contributed by atoms with Crippen LogP contribution in [0.3, 0.4) is 0 Å². The van der Waals surface area contributed by atoms with Crippen LogP contribution in [0, 0.1) is 20.8 Å². The molecule has 0 aliphatic rings. The first-order valence-corrected chi connectivity index (χ1v) is 7.22. The minimum Gasteiger partial charge on any atom is -0.370 e. The fraction of sp³-hybridized carbons (Fsp3) is 0.462. The minimum atomic E-state index is 0.696. The second-order valence-electron chi connectivity index (χ2n) is 4.36. The molecule has 0 aliphatic heterocycles. The second-order valence-corrected chi connectivity index (χ2v) is 5.30. The van der Waals surface area contributed by atoms with Crippen molar-refractivity contribution in [3.63, 3.8) is 0 Å². The summed E-state index contributed by atoms with van der Waals surface area (Å²) in [5.74, 6) is 2.53. The molecule has 0 saturated carbocycles. The molecule has 0 radical (unpaired) electrons. The first kappa shape index (κ1) is 13.7. The lowest BCUT2D eigenvalue weighted by molar-refractivity contribution is 0.985. The molecule has 0 spiro atoms. The number of aryl methyl sites for hydroxylation is 2. The summed E-state index contributed by atoms with van der Waals surface area (Å²) < 4.78 is 0. The summed E-state index contributed by atoms with van der Waals surface area (Å²) in [7, 11) is 0. The van der Waals surface area contributed by atoms with Gasteiger partial charge in [0.15, 0.2) is 0 Å². The number of hydrogen-bond donors (Lipinski definition) is 2. The van der Waals surface area contributed by atoms with E-state index in [4.69, 9.17) is 0 Å². The highest BCUT2D eigenvalue weighted by atomic mass is 32.1. The number of thiazole rings is 1. The Kier molecular flexibility index (Phi) is 4.31. The van der Waals surface area contributed by atoms with Gasteiger partial charge < -0.3 is 10.6 Å². The van der Waals surface area contributed by atoms with E-state index in [9.17, 15) is 0 Å². The smallest absolute Gasteiger partial charge is 0.135 e. The Morgan fingerprint density at radius 3 is 2.32 bits per heavy atom. The van der Waals surface area contributed by atoms with E-state index in [1.165, 1.54) is 0 Å². The van der Waals surface area contributed by atoms with Crippen LogP contribution in [0.2, 0.25) is 0 Å². The molecule has 0 amide bonds. The quantitative estimate of drug-likeness (QED) is 0.880. The normalized spacial score (nSPS) is 10.5. The summed E-state index contributed by atoms with van der Waals surface area (Å²) in [6.07, 6.45) is 0. The van der Waals surface area contributed by atoms with Crippen molar-refractivity contribution in [1.82, 2.24) is 15.0 Å². The summed E-state index contributed by atoms with van der Waals surface area (Å²) >= 11 is 1.66. The molecule has 0 saturated heterocycles. The van der Waals surface area contributed by atoms with E-state index in [0.717, 1.165) is 40.3 Å². The lowest BCUT2D eigenvalue weighted by Gasteiger charge is -2.12. The van der Waals surface area contributed by atoms with E-state index in [2.05, 4.69) is 37.9 Å². The molecule has 2 rings (SSSR count). The third kappa shape index (κ3) is 3.41. The van der Waals surface area contributed by atoms with Crippen LogP contribution in [-0.4, -0.2) is 21.5 Å². The van der Waals surface area contributed by atoms with Crippen LogP contribution in [0.15, 0.2) is 5.38 Å². The summed E-state index contributed by atoms with van der Waals surface area (Å²) in [4.78, 5) is 13.3. The van der Waals surface area contributed by atoms with E-state index < -0.39 is 0 Å². The van der Waals surface area contributed by atoms with Gasteiger partial charge in [-0.25, -0.2) is 15.0 Å². The van der Waals surface area contributed by atoms with Crippen molar-refractivity contribution in [2.45, 2.75) is 34.2 Å². The third-order valence-corrected chi connectivity index (χ3v) is 3.64. The van der Waals surface area contributed by atoms with Crippen LogP contribution in [-0.2, 0) is 6.54 Å². The molecule has 0 aliphatic carbocycles. The van der Waals surface area contributed by atoms with Gasteiger partial charge in [-0.1, -0.05) is 0 Å². The van der Waals surface area contributed by atoms with Crippen molar-refractivity contribution in [2.24, 2.45) is 0 Å². The maximum atomic E-state index is 4.45. The third-order valence-electron chi connectivity index (χ3n) is 2.68. The maximum absolute atomic E-state index is 4.45. The highest BCUT2D eigenvalue weighted by molar-refractivity contribution is 7.09. The molecule has 6 heteroatoms. The van der Waals surface area contributed by atoms with Gasteiger partial charge >= 0.3 is 0 Å². The van der Waals surface area contributed by atoms with Gasteiger partial charge in [0.2, 0.25) is 0 Å². The predicted molar refractivity (Wildman–Crippen MR) is 79.8 cm³/mol. The topological polar surface area (TPSA) is 62.7 Å². The zero-order valence-electron chi connectivity index (χ0n) is 11.7. The van der Waals surface area contributed by atoms with Crippen LogP contribution in [0.25, 0.3) is 0 Å². The van der Waals surface area contributed by atoms with Gasteiger partial charge in [-0.3, -0.25) is 0 Å². The van der Waals surface area contributed by atoms with Crippen molar-refractivity contribution in [3.8, 4) is 0 Å². The zero-order valence-corrected chi connectivity index (χ0v) is 12.6. The molecule has 5 nitrogen and oxygen atoms in total. The molecule has 2 heterocycles. The Bertz CT molecular complexity index is 564. The molecule has 0 unspecified atom stereocenters. The Labute approximate surface area is 117 Å². The molecule has 0 aromatic carbocycles. The molecular formula is C13H19N5S. The van der Waals surface area contributed by atoms with E-state index in [1.807, 2.05) is 20.8 Å². The molecule has 0 atom stereocenters. The predicted octanol–water partition coefficient (Wildman–Crippen LogP) is 2.90. The van der Waals surface area contributed by atoms with E-state index >= 15 is 0 Å². The molecule has 2 N–H and O–H groups in total. The maximum Gasteiger partial charge on any atom is 0.135 e. The van der Waals surface area contributed by atoms with Gasteiger partial charge in [-0.05, 0) is 27.7 Å². The van der Waals surface area contributed by atoms with Gasteiger partial charge in [0, 0.05) is 23.2 Å². The largest absolute Gasteiger partial charge is 0.370 e. The second kappa shape index (κ2) is 5.97. The standard InChI is InChI=1S/C13H19N5S/c1-5-14-12-9(3)13(18-10(4)17-12)15-6-11-16-8(2)7-19-11/h7H,5-6H2,1-4H3,(H2,14,15,17,18). The lowest BCUT2D eigenvalue weighted by atomic mass is 10.3. The number of anilines is 2. The summed E-state index contributed by atoms with van der Waals surface area (Å²) in [6.45, 7) is 9.53. The van der Waals surface area contributed by atoms with Crippen LogP contribution in [0.5, 0.6) is 0 Å². The SMILES string of the molecule is CCNc1nc(C)nc(NCc2nc(C)cs2)c1C. The number of aromatic nitrogens is 3. The summed E-state index contributed by atoms with van der Waals surface area (Å²) in [5, 5.41) is 9.72. The van der Waals surface area contributed by atoms with Crippen molar-refractivity contribution in [3.05, 3.63) is 27.5 Å². The van der Waals surface area contributed by atoms with Crippen LogP contribution >= 0.6 is 11.3 Å². The van der Waals surface area contributed by atoms with Gasteiger partial charge in [-0.15, -0.1) is 11.3 Å². The van der Waals surface area contributed by atoms with Crippen molar-refractivity contribution in [1.29, 1.82) is 0 Å². The Morgan fingerprint density at radius 1 is 1.05 bits per heavy atom. The Balaban J connectivity index is 2.15. The van der Waals surface area contributed by atoms with Crippen molar-refractivity contribution in [2.75, 3.05) is 17.2 Å². The first-order valence-electron chi connectivity index (χ1n) is 6.34. The molecule has 102 valence electrons. The molecule has 19 heavy (non-hydrogen) atoms. The molecule has 2 aromatic heterocycles. The average Bonchev–Trinajstić information content (AvgIpc) is 2.78. The monoisotopic (exact) mass is 277 g/mol. The minimum absolute atomic E-state index is 0.696. The zero-order chi connectivity index (χ0) is 13.8. The lowest BCUT2D eigenvalue weighted by Crippen LogP contribution is -2.09. The Morgan fingerprint density at radius 2 is 1.74 bits per heavy atom. The molecular weight excluding hydrogens is 258 g/mol. The first-order chi connectivity index (χ1) is 9.10. The van der Waals surface area contributed by atoms with Crippen LogP contribution in [0.1, 0.15) is 29.0 Å². The van der Waals surface area contributed by atoms with Crippen LogP contribution < -0.4 is 10.6 Å². The van der Waals surface area contributed by atoms with Crippen LogP contribution in [0.4, 0.5) is 11.6 Å². The van der Waals surface area contributed by atoms with Gasteiger partial charge in [0.25, 0.3) is 0 Å². The molecule has 2 aromatic rings. The van der Waals surface area contributed by atoms with Crippen molar-refractivity contribution < 1.29 is 0 Å². The van der Waals surface area contributed by atoms with Crippen molar-refractivity contribution >= 4 is 23.0 Å². The summed E-state index contributed by atoms with van der Waals surface area (Å²) in [5.41, 5.74) is 2.10. The molecule has 0 fully saturated rings. The number of nitrogens with one attached hydrogen (secondary N) is 2. The van der Waals surface area contributed by atoms with E-state index in [0.29, 0.717) is 6.54 Å². The highest BCUT2D eigenvalue weighted by Gasteiger charge is 2.09. The van der Waals surface area contributed by atoms with E-state index in [-0.39, 0.29) is 0 Å². The fourth-order valence-corrected chi connectivity index (χ4v) is 2.49. The number of nitrogens with zero attached hydrogens (tertiary/aromatic N) is 3. The highest BCUT2D eigenvalue weighted by Crippen LogP contribution is 2.20. The summed E-state index contributed by atoms with van der Waals surface area (Å²) in [6, 6.07) is 0.